The van der Waals surface area contributed by atoms with Crippen molar-refractivity contribution in [2.45, 2.75) is 284 Å². The summed E-state index contributed by atoms with van der Waals surface area (Å²) >= 11 is 0. The van der Waals surface area contributed by atoms with E-state index in [1.807, 2.05) is 0 Å². The molecule has 0 aromatic carbocycles. The molecule has 0 aliphatic rings. The summed E-state index contributed by atoms with van der Waals surface area (Å²) in [6.07, 6.45) is 58.5. The van der Waals surface area contributed by atoms with Crippen LogP contribution in [0.1, 0.15) is 278 Å². The second-order valence-electron chi connectivity index (χ2n) is 17.8. The van der Waals surface area contributed by atoms with Crippen LogP contribution in [0.3, 0.4) is 0 Å². The van der Waals surface area contributed by atoms with Crippen molar-refractivity contribution in [1.29, 1.82) is 0 Å². The van der Waals surface area contributed by atoms with E-state index in [1.165, 1.54) is 154 Å². The third kappa shape index (κ3) is 48.5. The summed E-state index contributed by atoms with van der Waals surface area (Å²) in [6.45, 7) is 6.51. The van der Waals surface area contributed by atoms with Crippen LogP contribution in [0.25, 0.3) is 0 Å². The van der Waals surface area contributed by atoms with Gasteiger partial charge in [-0.25, -0.2) is 0 Å². The average Bonchev–Trinajstić information content (AvgIpc) is 3.26. The second-order valence-corrected chi connectivity index (χ2v) is 17.8. The average molecular weight is 857 g/mol. The summed E-state index contributed by atoms with van der Waals surface area (Å²) in [5.74, 6) is -0.885. The number of unbranched alkanes of at least 4 members (excludes halogenated alkanes) is 33. The lowest BCUT2D eigenvalue weighted by atomic mass is 10.0. The first-order valence-electron chi connectivity index (χ1n) is 26.5. The monoisotopic (exact) mass is 857 g/mol. The molecule has 0 N–H and O–H groups in total. The molecule has 0 saturated carbocycles. The van der Waals surface area contributed by atoms with Gasteiger partial charge in [0.25, 0.3) is 0 Å². The number of ether oxygens (including phenoxy) is 3. The summed E-state index contributed by atoms with van der Waals surface area (Å²) in [5.41, 5.74) is 0. The largest absolute Gasteiger partial charge is 0.462 e. The molecule has 0 rings (SSSR count). The Labute approximate surface area is 378 Å². The Balaban J connectivity index is 4.29. The number of rotatable bonds is 48. The van der Waals surface area contributed by atoms with Crippen molar-refractivity contribution in [1.82, 2.24) is 0 Å². The highest BCUT2D eigenvalue weighted by Crippen LogP contribution is 2.16. The van der Waals surface area contributed by atoms with Gasteiger partial charge in [-0.05, 0) is 38.5 Å². The highest BCUT2D eigenvalue weighted by Gasteiger charge is 2.19. The summed E-state index contributed by atoms with van der Waals surface area (Å²) in [5, 5.41) is 0. The predicted molar refractivity (Wildman–Crippen MR) is 261 cm³/mol. The molecule has 0 saturated heterocycles. The Kier molecular flexibility index (Phi) is 48.3. The molecule has 0 bridgehead atoms. The van der Waals surface area contributed by atoms with Crippen molar-refractivity contribution in [2.24, 2.45) is 0 Å². The van der Waals surface area contributed by atoms with E-state index in [4.69, 9.17) is 14.2 Å². The maximum absolute atomic E-state index is 12.8. The summed E-state index contributed by atoms with van der Waals surface area (Å²) in [7, 11) is 0. The number of hydrogen-bond acceptors (Lipinski definition) is 6. The van der Waals surface area contributed by atoms with Crippen LogP contribution in [0, 0.1) is 0 Å². The molecule has 0 aromatic heterocycles. The highest BCUT2D eigenvalue weighted by atomic mass is 16.6. The topological polar surface area (TPSA) is 78.9 Å². The molecule has 0 radical (unpaired) electrons. The van der Waals surface area contributed by atoms with Gasteiger partial charge in [0.1, 0.15) is 13.2 Å². The molecule has 0 aliphatic carbocycles. The highest BCUT2D eigenvalue weighted by molar-refractivity contribution is 5.71. The van der Waals surface area contributed by atoms with Crippen LogP contribution < -0.4 is 0 Å². The molecule has 0 fully saturated rings. The maximum atomic E-state index is 12.8. The quantitative estimate of drug-likeness (QED) is 0.0262. The Hall–Kier alpha value is -2.37. The van der Waals surface area contributed by atoms with Crippen molar-refractivity contribution in [3.8, 4) is 0 Å². The van der Waals surface area contributed by atoms with Gasteiger partial charge in [-0.2, -0.15) is 0 Å². The van der Waals surface area contributed by atoms with Gasteiger partial charge in [0.15, 0.2) is 6.10 Å². The van der Waals surface area contributed by atoms with Gasteiger partial charge in [0.2, 0.25) is 0 Å². The van der Waals surface area contributed by atoms with E-state index in [0.717, 1.165) is 83.5 Å². The molecule has 6 nitrogen and oxygen atoms in total. The zero-order valence-corrected chi connectivity index (χ0v) is 40.7. The first kappa shape index (κ1) is 58.6. The molecule has 61 heavy (non-hydrogen) atoms. The van der Waals surface area contributed by atoms with Gasteiger partial charge in [-0.3, -0.25) is 14.4 Å². The SMILES string of the molecule is CC\C=C/C=C\C=C/CCCCCCCC(=O)OC(COC(=O)CCCCCCCCCCCCC)COC(=O)CCCCCCCCCCCCCCCCCCCCC. The lowest BCUT2D eigenvalue weighted by Crippen LogP contribution is -2.30. The van der Waals surface area contributed by atoms with Crippen LogP contribution in [0.15, 0.2) is 36.5 Å². The normalized spacial score (nSPS) is 12.2. The lowest BCUT2D eigenvalue weighted by molar-refractivity contribution is -0.167. The van der Waals surface area contributed by atoms with Crippen molar-refractivity contribution in [3.05, 3.63) is 36.5 Å². The first-order valence-corrected chi connectivity index (χ1v) is 26.5. The third-order valence-electron chi connectivity index (χ3n) is 11.7. The summed E-state index contributed by atoms with van der Waals surface area (Å²) < 4.78 is 16.8. The van der Waals surface area contributed by atoms with Crippen molar-refractivity contribution in [2.75, 3.05) is 13.2 Å². The minimum atomic E-state index is -0.777. The Bertz CT molecular complexity index is 1030. The Morgan fingerprint density at radius 1 is 0.344 bits per heavy atom. The second kappa shape index (κ2) is 50.3. The summed E-state index contributed by atoms with van der Waals surface area (Å²) in [4.78, 5) is 37.9. The van der Waals surface area contributed by atoms with E-state index in [2.05, 4.69) is 57.2 Å². The zero-order chi connectivity index (χ0) is 44.4. The molecule has 0 aliphatic heterocycles. The molecule has 356 valence electrons. The van der Waals surface area contributed by atoms with E-state index in [9.17, 15) is 14.4 Å². The predicted octanol–water partition coefficient (Wildman–Crippen LogP) is 17.3. The van der Waals surface area contributed by atoms with Gasteiger partial charge in [-0.1, -0.05) is 256 Å². The molecule has 1 unspecified atom stereocenters. The first-order chi connectivity index (χ1) is 30.0. The zero-order valence-electron chi connectivity index (χ0n) is 40.7. The fourth-order valence-corrected chi connectivity index (χ4v) is 7.74. The van der Waals surface area contributed by atoms with E-state index < -0.39 is 6.10 Å². The maximum Gasteiger partial charge on any atom is 0.306 e. The molecule has 0 aromatic rings. The number of allylic oxidation sites excluding steroid dienone is 6. The van der Waals surface area contributed by atoms with Gasteiger partial charge in [0.05, 0.1) is 0 Å². The molecule has 1 atom stereocenters. The van der Waals surface area contributed by atoms with Crippen molar-refractivity contribution in [3.63, 3.8) is 0 Å². The number of carbonyl (C=O) groups excluding carboxylic acids is 3. The Morgan fingerprint density at radius 2 is 0.639 bits per heavy atom. The fraction of sp³-hybridized carbons (Fsp3) is 0.836. The fourth-order valence-electron chi connectivity index (χ4n) is 7.74. The van der Waals surface area contributed by atoms with Gasteiger partial charge in [-0.15, -0.1) is 0 Å². The standard InChI is InChI=1S/C55H100O6/c1-4-7-10-13-16-19-22-24-25-26-27-28-29-31-33-36-39-42-45-48-54(57)60-51-52(50-59-53(56)47-44-41-38-35-32-21-18-15-12-9-6-3)61-55(58)49-46-43-40-37-34-30-23-20-17-14-11-8-5-2/h8,11,14,17,20,23,52H,4-7,9-10,12-13,15-16,18-19,21-22,24-51H2,1-3H3/b11-8-,17-14-,23-20-. The summed E-state index contributed by atoms with van der Waals surface area (Å²) in [6, 6.07) is 0. The van der Waals surface area contributed by atoms with Crippen molar-refractivity contribution >= 4 is 17.9 Å². The smallest absolute Gasteiger partial charge is 0.306 e. The molecule has 6 heteroatoms. The van der Waals surface area contributed by atoms with Crippen LogP contribution in [-0.2, 0) is 28.6 Å². The molecule has 0 spiro atoms. The van der Waals surface area contributed by atoms with E-state index in [0.29, 0.717) is 19.3 Å². The van der Waals surface area contributed by atoms with Crippen LogP contribution in [0.4, 0.5) is 0 Å². The lowest BCUT2D eigenvalue weighted by Gasteiger charge is -2.18. The van der Waals surface area contributed by atoms with E-state index in [-0.39, 0.29) is 31.1 Å². The van der Waals surface area contributed by atoms with Crippen molar-refractivity contribution < 1.29 is 28.6 Å². The van der Waals surface area contributed by atoms with Crippen LogP contribution in [-0.4, -0.2) is 37.2 Å². The van der Waals surface area contributed by atoms with Crippen LogP contribution in [0.2, 0.25) is 0 Å². The molecule has 0 heterocycles. The van der Waals surface area contributed by atoms with Crippen LogP contribution >= 0.6 is 0 Å². The minimum Gasteiger partial charge on any atom is -0.462 e. The van der Waals surface area contributed by atoms with Crippen LogP contribution in [0.5, 0.6) is 0 Å². The number of carbonyl (C=O) groups is 3. The van der Waals surface area contributed by atoms with E-state index in [1.54, 1.807) is 0 Å². The molecule has 0 amide bonds. The number of hydrogen-bond donors (Lipinski definition) is 0. The van der Waals surface area contributed by atoms with Gasteiger partial charge >= 0.3 is 17.9 Å². The third-order valence-corrected chi connectivity index (χ3v) is 11.7. The molecular weight excluding hydrogens is 757 g/mol. The number of esters is 3. The van der Waals surface area contributed by atoms with E-state index >= 15 is 0 Å². The minimum absolute atomic E-state index is 0.0764. The molecular formula is C55H100O6. The Morgan fingerprint density at radius 3 is 0.984 bits per heavy atom. The van der Waals surface area contributed by atoms with Gasteiger partial charge in [0, 0.05) is 19.3 Å². The van der Waals surface area contributed by atoms with Gasteiger partial charge < -0.3 is 14.2 Å².